The highest BCUT2D eigenvalue weighted by Gasteiger charge is 2.16. The Morgan fingerprint density at radius 1 is 1.11 bits per heavy atom. The number of carbonyl (C=O) groups is 2. The van der Waals surface area contributed by atoms with Gasteiger partial charge in [0.25, 0.3) is 5.91 Å². The Labute approximate surface area is 164 Å². The summed E-state index contributed by atoms with van der Waals surface area (Å²) in [5.41, 5.74) is 1.73. The Hall–Kier alpha value is -3.13. The third kappa shape index (κ3) is 3.27. The van der Waals surface area contributed by atoms with Crippen LogP contribution in [0.4, 0.5) is 0 Å². The lowest BCUT2D eigenvalue weighted by Gasteiger charge is -2.18. The number of carbonyl (C=O) groups excluding carboxylic acids is 2. The van der Waals surface area contributed by atoms with E-state index in [2.05, 4.69) is 9.73 Å². The fourth-order valence-electron chi connectivity index (χ4n) is 3.02. The molecule has 144 valence electrons. The lowest BCUT2D eigenvalue weighted by molar-refractivity contribution is 0.0600. The average molecular weight is 398 g/mol. The van der Waals surface area contributed by atoms with Crippen molar-refractivity contribution in [2.75, 3.05) is 20.3 Å². The Bertz CT molecular complexity index is 1130. The first-order valence-corrected chi connectivity index (χ1v) is 9.62. The van der Waals surface area contributed by atoms with Gasteiger partial charge in [0.1, 0.15) is 13.2 Å². The number of thiazole rings is 1. The van der Waals surface area contributed by atoms with Gasteiger partial charge in [-0.05, 0) is 31.2 Å². The van der Waals surface area contributed by atoms with Gasteiger partial charge in [-0.1, -0.05) is 11.3 Å². The number of ether oxygens (including phenoxy) is 3. The maximum absolute atomic E-state index is 12.6. The van der Waals surface area contributed by atoms with E-state index in [-0.39, 0.29) is 5.91 Å². The lowest BCUT2D eigenvalue weighted by atomic mass is 10.1. The molecule has 0 aliphatic carbocycles. The molecule has 0 radical (unpaired) electrons. The highest BCUT2D eigenvalue weighted by molar-refractivity contribution is 7.16. The summed E-state index contributed by atoms with van der Waals surface area (Å²) in [5, 5.41) is 0. The van der Waals surface area contributed by atoms with Crippen LogP contribution in [0.15, 0.2) is 41.4 Å². The number of aromatic nitrogens is 1. The molecule has 1 aromatic heterocycles. The first-order chi connectivity index (χ1) is 13.6. The van der Waals surface area contributed by atoms with Gasteiger partial charge in [-0.15, -0.1) is 0 Å². The van der Waals surface area contributed by atoms with E-state index >= 15 is 0 Å². The molecule has 3 aromatic rings. The van der Waals surface area contributed by atoms with Crippen LogP contribution in [0.3, 0.4) is 0 Å². The molecule has 0 bridgehead atoms. The zero-order valence-corrected chi connectivity index (χ0v) is 16.2. The minimum Gasteiger partial charge on any atom is -0.486 e. The molecule has 0 spiro atoms. The van der Waals surface area contributed by atoms with Crippen LogP contribution in [0, 0.1) is 0 Å². The van der Waals surface area contributed by atoms with Gasteiger partial charge in [-0.25, -0.2) is 4.79 Å². The number of fused-ring (bicyclic) bond motifs is 2. The molecule has 0 atom stereocenters. The normalized spacial score (nSPS) is 13.6. The largest absolute Gasteiger partial charge is 0.486 e. The van der Waals surface area contributed by atoms with E-state index in [9.17, 15) is 9.59 Å². The van der Waals surface area contributed by atoms with Crippen molar-refractivity contribution in [2.24, 2.45) is 4.99 Å². The summed E-state index contributed by atoms with van der Waals surface area (Å²) < 4.78 is 18.9. The summed E-state index contributed by atoms with van der Waals surface area (Å²) in [6.07, 6.45) is 0. The molecule has 1 aliphatic heterocycles. The van der Waals surface area contributed by atoms with Gasteiger partial charge in [-0.3, -0.25) is 4.79 Å². The van der Waals surface area contributed by atoms with E-state index in [0.717, 1.165) is 10.2 Å². The van der Waals surface area contributed by atoms with Crippen molar-refractivity contribution in [3.8, 4) is 11.5 Å². The van der Waals surface area contributed by atoms with Gasteiger partial charge in [0.15, 0.2) is 16.3 Å². The van der Waals surface area contributed by atoms with E-state index in [4.69, 9.17) is 9.47 Å². The van der Waals surface area contributed by atoms with E-state index in [0.29, 0.717) is 47.2 Å². The SMILES string of the molecule is CCn1c(=NC(=O)c2ccc(C(=O)OC)cc2)sc2cc3c(cc21)OCCO3. The van der Waals surface area contributed by atoms with Crippen LogP contribution in [0.1, 0.15) is 27.6 Å². The van der Waals surface area contributed by atoms with E-state index in [1.807, 2.05) is 23.6 Å². The second kappa shape index (κ2) is 7.47. The van der Waals surface area contributed by atoms with Gasteiger partial charge in [0.05, 0.1) is 22.9 Å². The van der Waals surface area contributed by atoms with Crippen LogP contribution >= 0.6 is 11.3 Å². The highest BCUT2D eigenvalue weighted by atomic mass is 32.1. The van der Waals surface area contributed by atoms with Crippen LogP contribution in [-0.2, 0) is 11.3 Å². The number of hydrogen-bond donors (Lipinski definition) is 0. The van der Waals surface area contributed by atoms with Crippen molar-refractivity contribution < 1.29 is 23.8 Å². The smallest absolute Gasteiger partial charge is 0.337 e. The number of hydrogen-bond acceptors (Lipinski definition) is 6. The number of nitrogens with zero attached hydrogens (tertiary/aromatic N) is 2. The van der Waals surface area contributed by atoms with Crippen LogP contribution in [-0.4, -0.2) is 36.8 Å². The second-order valence-electron chi connectivity index (χ2n) is 6.08. The molecule has 1 amide bonds. The number of esters is 1. The molecule has 0 unspecified atom stereocenters. The van der Waals surface area contributed by atoms with Gasteiger partial charge < -0.3 is 18.8 Å². The van der Waals surface area contributed by atoms with Crippen molar-refractivity contribution in [1.82, 2.24) is 4.57 Å². The molecule has 0 N–H and O–H groups in total. The average Bonchev–Trinajstić information content (AvgIpc) is 3.07. The van der Waals surface area contributed by atoms with Crippen LogP contribution in [0.2, 0.25) is 0 Å². The molecule has 8 heteroatoms. The predicted octanol–water partition coefficient (Wildman–Crippen LogP) is 3.02. The van der Waals surface area contributed by atoms with Crippen LogP contribution < -0.4 is 14.3 Å². The number of benzene rings is 2. The summed E-state index contributed by atoms with van der Waals surface area (Å²) in [6.45, 7) is 3.70. The van der Waals surface area contributed by atoms with Crippen molar-refractivity contribution in [3.63, 3.8) is 0 Å². The topological polar surface area (TPSA) is 79.1 Å². The summed E-state index contributed by atoms with van der Waals surface area (Å²) in [6, 6.07) is 10.1. The standard InChI is InChI=1S/C20H18N2O5S/c1-3-22-14-10-15-16(27-9-8-26-15)11-17(14)28-20(22)21-18(23)12-4-6-13(7-5-12)19(24)25-2/h4-7,10-11H,3,8-9H2,1-2H3. The fraction of sp³-hybridized carbons (Fsp3) is 0.250. The Morgan fingerprint density at radius 2 is 1.75 bits per heavy atom. The van der Waals surface area contributed by atoms with Crippen LogP contribution in [0.25, 0.3) is 10.2 Å². The molecular formula is C20H18N2O5S. The van der Waals surface area contributed by atoms with E-state index in [1.54, 1.807) is 24.3 Å². The highest BCUT2D eigenvalue weighted by Crippen LogP contribution is 2.35. The maximum Gasteiger partial charge on any atom is 0.337 e. The molecule has 0 saturated carbocycles. The molecule has 0 saturated heterocycles. The first-order valence-electron chi connectivity index (χ1n) is 8.81. The molecule has 4 rings (SSSR count). The fourth-order valence-corrected chi connectivity index (χ4v) is 4.12. The molecule has 1 aliphatic rings. The summed E-state index contributed by atoms with van der Waals surface area (Å²) in [4.78, 5) is 29.1. The molecule has 2 aromatic carbocycles. The summed E-state index contributed by atoms with van der Waals surface area (Å²) in [5.74, 6) is 0.592. The van der Waals surface area contributed by atoms with Crippen molar-refractivity contribution in [2.45, 2.75) is 13.5 Å². The van der Waals surface area contributed by atoms with Crippen molar-refractivity contribution >= 4 is 33.4 Å². The zero-order valence-electron chi connectivity index (χ0n) is 15.4. The van der Waals surface area contributed by atoms with E-state index < -0.39 is 5.97 Å². The second-order valence-corrected chi connectivity index (χ2v) is 7.09. The Kier molecular flexibility index (Phi) is 4.87. The Morgan fingerprint density at radius 3 is 2.39 bits per heavy atom. The number of aryl methyl sites for hydroxylation is 1. The molecular weight excluding hydrogens is 380 g/mol. The van der Waals surface area contributed by atoms with Crippen molar-refractivity contribution in [1.29, 1.82) is 0 Å². The minimum atomic E-state index is -0.447. The third-order valence-corrected chi connectivity index (χ3v) is 5.45. The summed E-state index contributed by atoms with van der Waals surface area (Å²) in [7, 11) is 1.32. The van der Waals surface area contributed by atoms with Gasteiger partial charge in [0, 0.05) is 24.2 Å². The van der Waals surface area contributed by atoms with Gasteiger partial charge in [-0.2, -0.15) is 4.99 Å². The summed E-state index contributed by atoms with van der Waals surface area (Å²) >= 11 is 1.42. The molecule has 2 heterocycles. The predicted molar refractivity (Wildman–Crippen MR) is 104 cm³/mol. The monoisotopic (exact) mass is 398 g/mol. The number of amides is 1. The van der Waals surface area contributed by atoms with E-state index in [1.165, 1.54) is 18.4 Å². The Balaban J connectivity index is 1.74. The maximum atomic E-state index is 12.6. The zero-order chi connectivity index (χ0) is 19.7. The minimum absolute atomic E-state index is 0.373. The third-order valence-electron chi connectivity index (χ3n) is 4.41. The molecule has 0 fully saturated rings. The van der Waals surface area contributed by atoms with Gasteiger partial charge >= 0.3 is 5.97 Å². The van der Waals surface area contributed by atoms with Crippen molar-refractivity contribution in [3.05, 3.63) is 52.3 Å². The number of rotatable bonds is 3. The molecule has 28 heavy (non-hydrogen) atoms. The van der Waals surface area contributed by atoms with Crippen LogP contribution in [0.5, 0.6) is 11.5 Å². The van der Waals surface area contributed by atoms with Gasteiger partial charge in [0.2, 0.25) is 0 Å². The quantitative estimate of drug-likeness (QED) is 0.634. The lowest BCUT2D eigenvalue weighted by Crippen LogP contribution is -2.17. The first kappa shape index (κ1) is 18.2. The molecule has 7 nitrogen and oxygen atoms in total. The number of methoxy groups -OCH3 is 1.